The minimum absolute atomic E-state index is 1.09. The minimum Gasteiger partial charge on any atom is -0.311 e. The quantitative estimate of drug-likeness (QED) is 0.0983. The molecular weight excluding hydrogens is 1020 g/mol. The van der Waals surface area contributed by atoms with Crippen LogP contribution in [0, 0.1) is 6.92 Å². The SMILES string of the molecule is C=C/C=C\c1sc2c(-c3ccc(N(c4ccccc4)c4ccc(-c5ccc6c(c5)c5cc(-c7ccc(-n8c9ccccc9c9ccccc98)cc7)ccc5n6-c5ccc6c7ccccc7c7ccccc7c6c5)cc4)cc3)cccc2c1C. The van der Waals surface area contributed by atoms with Crippen LogP contribution in [0.3, 0.4) is 0 Å². The van der Waals surface area contributed by atoms with E-state index in [-0.39, 0.29) is 0 Å². The summed E-state index contributed by atoms with van der Waals surface area (Å²) in [4.78, 5) is 3.62. The average Bonchev–Trinajstić information content (AvgIpc) is 2.89. The van der Waals surface area contributed by atoms with E-state index in [1.165, 1.54) is 113 Å². The zero-order valence-corrected chi connectivity index (χ0v) is 46.5. The summed E-state index contributed by atoms with van der Waals surface area (Å²) in [6.07, 6.45) is 6.03. The van der Waals surface area contributed by atoms with Gasteiger partial charge in [-0.1, -0.05) is 195 Å². The molecule has 0 fully saturated rings. The van der Waals surface area contributed by atoms with E-state index in [1.54, 1.807) is 0 Å². The predicted molar refractivity (Wildman–Crippen MR) is 358 cm³/mol. The van der Waals surface area contributed by atoms with Crippen molar-refractivity contribution in [2.45, 2.75) is 6.92 Å². The van der Waals surface area contributed by atoms with E-state index in [4.69, 9.17) is 0 Å². The number of para-hydroxylation sites is 3. The average molecular weight is 1080 g/mol. The zero-order chi connectivity index (χ0) is 55.1. The Kier molecular flexibility index (Phi) is 11.4. The number of anilines is 3. The Balaban J connectivity index is 0.805. The van der Waals surface area contributed by atoms with E-state index < -0.39 is 0 Å². The number of aryl methyl sites for hydroxylation is 1. The number of thiophene rings is 1. The van der Waals surface area contributed by atoms with Gasteiger partial charge in [-0.3, -0.25) is 0 Å². The first-order valence-corrected chi connectivity index (χ1v) is 29.2. The Morgan fingerprint density at radius 3 is 1.35 bits per heavy atom. The molecule has 0 spiro atoms. The van der Waals surface area contributed by atoms with Crippen molar-refractivity contribution < 1.29 is 0 Å². The van der Waals surface area contributed by atoms with Gasteiger partial charge in [-0.05, 0) is 187 Å². The number of rotatable bonds is 10. The summed E-state index contributed by atoms with van der Waals surface area (Å²) in [6.45, 7) is 6.11. The molecule has 4 heteroatoms. The van der Waals surface area contributed by atoms with Crippen molar-refractivity contribution in [1.82, 2.24) is 9.13 Å². The first-order valence-electron chi connectivity index (χ1n) is 28.4. The second kappa shape index (κ2) is 19.6. The van der Waals surface area contributed by atoms with Crippen LogP contribution in [0.2, 0.25) is 0 Å². The molecule has 16 rings (SSSR count). The summed E-state index contributed by atoms with van der Waals surface area (Å²) in [7, 11) is 0. The van der Waals surface area contributed by atoms with Crippen molar-refractivity contribution in [1.29, 1.82) is 0 Å². The highest BCUT2D eigenvalue weighted by Gasteiger charge is 2.20. The number of hydrogen-bond donors (Lipinski definition) is 0. The van der Waals surface area contributed by atoms with Crippen molar-refractivity contribution in [3.8, 4) is 44.8 Å². The van der Waals surface area contributed by atoms with Gasteiger partial charge in [-0.2, -0.15) is 0 Å². The first kappa shape index (κ1) is 48.4. The van der Waals surface area contributed by atoms with E-state index in [0.717, 1.165) is 45.1 Å². The molecule has 3 nitrogen and oxygen atoms in total. The first-order chi connectivity index (χ1) is 41.0. The molecule has 0 aliphatic carbocycles. The van der Waals surface area contributed by atoms with E-state index in [1.807, 2.05) is 23.5 Å². The molecule has 83 heavy (non-hydrogen) atoms. The number of nitrogens with zero attached hydrogens (tertiary/aromatic N) is 3. The van der Waals surface area contributed by atoms with Gasteiger partial charge >= 0.3 is 0 Å². The second-order valence-electron chi connectivity index (χ2n) is 21.7. The molecule has 13 aromatic carbocycles. The van der Waals surface area contributed by atoms with Crippen LogP contribution < -0.4 is 4.90 Å². The molecule has 16 aromatic rings. The van der Waals surface area contributed by atoms with Crippen molar-refractivity contribution in [3.63, 3.8) is 0 Å². The topological polar surface area (TPSA) is 13.1 Å². The lowest BCUT2D eigenvalue weighted by atomic mass is 9.94. The summed E-state index contributed by atoms with van der Waals surface area (Å²) in [5.41, 5.74) is 18.7. The van der Waals surface area contributed by atoms with Gasteiger partial charge in [0.25, 0.3) is 0 Å². The van der Waals surface area contributed by atoms with Gasteiger partial charge in [-0.25, -0.2) is 0 Å². The third-order valence-corrected chi connectivity index (χ3v) is 18.4. The minimum atomic E-state index is 1.09. The standard InChI is InChI=1S/C79H53N3S/c1-3-4-29-78-51(2)62-25-16-26-63(79(62)83-78)54-34-42-59(43-35-54)80(57-17-6-5-7-18-57)58-38-30-52(31-39-58)55-36-46-76-72(48-55)73-49-56(53-32-40-60(41-33-53)81-74-27-14-12-23-69(74)70-24-13-15-28-75(70)81)37-47-77(73)82(76)61-44-45-68-66-21-9-8-19-64(66)65-20-10-11-22-67(65)71(68)50-61/h3-50H,1H2,2H3/b29-4-. The van der Waals surface area contributed by atoms with Gasteiger partial charge in [0.2, 0.25) is 0 Å². The van der Waals surface area contributed by atoms with Crippen LogP contribution in [0.4, 0.5) is 17.1 Å². The van der Waals surface area contributed by atoms with Crippen molar-refractivity contribution in [2.24, 2.45) is 0 Å². The summed E-state index contributed by atoms with van der Waals surface area (Å²) in [5, 5.41) is 13.8. The van der Waals surface area contributed by atoms with Gasteiger partial charge in [0.1, 0.15) is 0 Å². The van der Waals surface area contributed by atoms with E-state index in [0.29, 0.717) is 0 Å². The summed E-state index contributed by atoms with van der Waals surface area (Å²) < 4.78 is 6.16. The lowest BCUT2D eigenvalue weighted by Gasteiger charge is -2.26. The highest BCUT2D eigenvalue weighted by atomic mass is 32.1. The number of allylic oxidation sites excluding steroid dienone is 2. The van der Waals surface area contributed by atoms with E-state index >= 15 is 0 Å². The normalized spacial score (nSPS) is 11.9. The Labute approximate surface area is 485 Å². The Morgan fingerprint density at radius 1 is 0.337 bits per heavy atom. The van der Waals surface area contributed by atoms with Crippen molar-refractivity contribution >= 4 is 120 Å². The van der Waals surface area contributed by atoms with Gasteiger partial charge in [-0.15, -0.1) is 11.3 Å². The van der Waals surface area contributed by atoms with Crippen LogP contribution in [-0.2, 0) is 0 Å². The summed E-state index contributed by atoms with van der Waals surface area (Å²) in [5.74, 6) is 0. The summed E-state index contributed by atoms with van der Waals surface area (Å²) >= 11 is 1.84. The maximum absolute atomic E-state index is 3.90. The molecule has 0 radical (unpaired) electrons. The molecule has 0 aliphatic heterocycles. The highest BCUT2D eigenvalue weighted by Crippen LogP contribution is 2.44. The van der Waals surface area contributed by atoms with Crippen LogP contribution in [0.25, 0.3) is 137 Å². The van der Waals surface area contributed by atoms with Gasteiger partial charge in [0.05, 0.1) is 22.1 Å². The maximum Gasteiger partial charge on any atom is 0.0541 e. The Morgan fingerprint density at radius 2 is 0.771 bits per heavy atom. The van der Waals surface area contributed by atoms with Crippen LogP contribution in [0.1, 0.15) is 10.4 Å². The van der Waals surface area contributed by atoms with Crippen molar-refractivity contribution in [2.75, 3.05) is 4.90 Å². The van der Waals surface area contributed by atoms with Gasteiger partial charge < -0.3 is 14.0 Å². The fourth-order valence-electron chi connectivity index (χ4n) is 13.1. The van der Waals surface area contributed by atoms with Gasteiger partial charge in [0, 0.05) is 59.6 Å². The molecule has 0 saturated heterocycles. The smallest absolute Gasteiger partial charge is 0.0541 e. The van der Waals surface area contributed by atoms with E-state index in [9.17, 15) is 0 Å². The number of fused-ring (bicyclic) bond motifs is 13. The molecule has 0 amide bonds. The number of aromatic nitrogens is 2. The van der Waals surface area contributed by atoms with Crippen LogP contribution >= 0.6 is 11.3 Å². The Bertz CT molecular complexity index is 5180. The molecule has 3 heterocycles. The predicted octanol–water partition coefficient (Wildman–Crippen LogP) is 22.5. The number of benzene rings is 13. The largest absolute Gasteiger partial charge is 0.311 e. The van der Waals surface area contributed by atoms with Crippen LogP contribution in [0.15, 0.2) is 292 Å². The van der Waals surface area contributed by atoms with Gasteiger partial charge in [0.15, 0.2) is 0 Å². The fourth-order valence-corrected chi connectivity index (χ4v) is 14.4. The molecule has 3 aromatic heterocycles. The lowest BCUT2D eigenvalue weighted by molar-refractivity contribution is 1.18. The lowest BCUT2D eigenvalue weighted by Crippen LogP contribution is -2.09. The fraction of sp³-hybridized carbons (Fsp3) is 0.0127. The molecule has 0 unspecified atom stereocenters. The number of hydrogen-bond acceptors (Lipinski definition) is 2. The molecule has 0 N–H and O–H groups in total. The molecule has 0 bridgehead atoms. The van der Waals surface area contributed by atoms with Crippen molar-refractivity contribution in [3.05, 3.63) is 302 Å². The third-order valence-electron chi connectivity index (χ3n) is 17.1. The molecular formula is C79H53N3S. The highest BCUT2D eigenvalue weighted by molar-refractivity contribution is 7.20. The monoisotopic (exact) mass is 1080 g/mol. The maximum atomic E-state index is 3.90. The molecule has 0 saturated carbocycles. The molecule has 390 valence electrons. The Hall–Kier alpha value is -10.5. The van der Waals surface area contributed by atoms with Crippen LogP contribution in [0.5, 0.6) is 0 Å². The molecule has 0 atom stereocenters. The van der Waals surface area contributed by atoms with E-state index in [2.05, 4.69) is 307 Å². The third kappa shape index (κ3) is 7.94. The van der Waals surface area contributed by atoms with Crippen LogP contribution in [-0.4, -0.2) is 9.13 Å². The summed E-state index contributed by atoms with van der Waals surface area (Å²) in [6, 6.07) is 101. The molecule has 0 aliphatic rings. The zero-order valence-electron chi connectivity index (χ0n) is 45.7. The second-order valence-corrected chi connectivity index (χ2v) is 22.7.